The van der Waals surface area contributed by atoms with Crippen LogP contribution in [-0.2, 0) is 24.0 Å². The summed E-state index contributed by atoms with van der Waals surface area (Å²) in [6.07, 6.45) is 0.906. The van der Waals surface area contributed by atoms with Gasteiger partial charge >= 0.3 is 5.97 Å². The van der Waals surface area contributed by atoms with Crippen LogP contribution in [-0.4, -0.2) is 29.1 Å². The first-order chi connectivity index (χ1) is 6.60. The van der Waals surface area contributed by atoms with Crippen LogP contribution in [0.3, 0.4) is 0 Å². The molecule has 1 atom stereocenters. The van der Waals surface area contributed by atoms with Crippen LogP contribution in [0.1, 0.15) is 6.42 Å². The Balaban J connectivity index is 2.75. The summed E-state index contributed by atoms with van der Waals surface area (Å²) in [5.41, 5.74) is 0. The van der Waals surface area contributed by atoms with Crippen molar-refractivity contribution < 1.29 is 24.0 Å². The summed E-state index contributed by atoms with van der Waals surface area (Å²) in [4.78, 5) is 47.5. The molecule has 1 unspecified atom stereocenters. The molecule has 0 aromatic carbocycles. The van der Waals surface area contributed by atoms with E-state index in [0.717, 1.165) is 6.08 Å². The minimum atomic E-state index is -1.04. The lowest BCUT2D eigenvalue weighted by atomic mass is 10.1. The molecule has 0 N–H and O–H groups in total. The van der Waals surface area contributed by atoms with E-state index in [1.54, 1.807) is 0 Å². The third kappa shape index (κ3) is 1.68. The Bertz CT molecular complexity index is 322. The van der Waals surface area contributed by atoms with Crippen LogP contribution in [0.5, 0.6) is 0 Å². The first-order valence-corrected chi connectivity index (χ1v) is 3.76. The molecule has 0 spiro atoms. The highest BCUT2D eigenvalue weighted by Gasteiger charge is 2.41. The van der Waals surface area contributed by atoms with Crippen LogP contribution >= 0.6 is 0 Å². The maximum atomic E-state index is 11.2. The van der Waals surface area contributed by atoms with Gasteiger partial charge in [-0.3, -0.25) is 9.59 Å². The Kier molecular flexibility index (Phi) is 2.76. The van der Waals surface area contributed by atoms with Crippen LogP contribution in [0.2, 0.25) is 0 Å². The lowest BCUT2D eigenvalue weighted by molar-refractivity contribution is -0.194. The van der Waals surface area contributed by atoms with Crippen molar-refractivity contribution in [2.24, 2.45) is 5.92 Å². The van der Waals surface area contributed by atoms with Gasteiger partial charge in [-0.15, -0.1) is 5.06 Å². The molecule has 0 aliphatic carbocycles. The number of aldehydes is 1. The molecule has 0 aromatic rings. The number of rotatable bonds is 3. The van der Waals surface area contributed by atoms with Crippen LogP contribution in [0, 0.1) is 5.92 Å². The number of carbonyl (C=O) groups is 4. The topological polar surface area (TPSA) is 80.8 Å². The fraction of sp³-hybridized carbons (Fsp3) is 0.250. The first kappa shape index (κ1) is 10.1. The lowest BCUT2D eigenvalue weighted by Gasteiger charge is -2.10. The molecular weight excluding hydrogens is 190 g/mol. The summed E-state index contributed by atoms with van der Waals surface area (Å²) in [5, 5.41) is 0.295. The molecule has 2 amide bonds. The number of hydrogen-bond acceptors (Lipinski definition) is 5. The zero-order valence-electron chi connectivity index (χ0n) is 7.13. The Morgan fingerprint density at radius 2 is 2.21 bits per heavy atom. The zero-order chi connectivity index (χ0) is 10.7. The highest BCUT2D eigenvalue weighted by atomic mass is 16.7. The monoisotopic (exact) mass is 197 g/mol. The molecule has 1 aliphatic heterocycles. The summed E-state index contributed by atoms with van der Waals surface area (Å²) < 4.78 is 0. The molecule has 0 radical (unpaired) electrons. The average Bonchev–Trinajstić information content (AvgIpc) is 2.44. The van der Waals surface area contributed by atoms with E-state index in [4.69, 9.17) is 0 Å². The highest BCUT2D eigenvalue weighted by Crippen LogP contribution is 2.17. The Hall–Kier alpha value is -1.98. The molecule has 0 bridgehead atoms. The minimum absolute atomic E-state index is 0.257. The summed E-state index contributed by atoms with van der Waals surface area (Å²) in [6, 6.07) is 0. The van der Waals surface area contributed by atoms with Crippen LogP contribution in [0.25, 0.3) is 0 Å². The second kappa shape index (κ2) is 3.82. The Labute approximate surface area is 79.1 Å². The van der Waals surface area contributed by atoms with Gasteiger partial charge in [-0.1, -0.05) is 6.58 Å². The molecule has 1 saturated heterocycles. The largest absolute Gasteiger partial charge is 0.356 e. The molecule has 6 heteroatoms. The number of nitrogens with zero attached hydrogens (tertiary/aromatic N) is 1. The van der Waals surface area contributed by atoms with Gasteiger partial charge in [-0.2, -0.15) is 0 Å². The Morgan fingerprint density at radius 3 is 2.64 bits per heavy atom. The summed E-state index contributed by atoms with van der Waals surface area (Å²) >= 11 is 0. The summed E-state index contributed by atoms with van der Waals surface area (Å²) in [7, 11) is 0. The third-order valence-electron chi connectivity index (χ3n) is 1.65. The smallest absolute Gasteiger partial charge is 0.326 e. The maximum absolute atomic E-state index is 11.2. The van der Waals surface area contributed by atoms with E-state index in [0.29, 0.717) is 11.3 Å². The van der Waals surface area contributed by atoms with E-state index >= 15 is 0 Å². The molecule has 1 rings (SSSR count). The van der Waals surface area contributed by atoms with Gasteiger partial charge in [-0.05, 0) is 0 Å². The van der Waals surface area contributed by atoms with Gasteiger partial charge in [0.1, 0.15) is 12.2 Å². The summed E-state index contributed by atoms with van der Waals surface area (Å²) in [5.74, 6) is -3.49. The second-order valence-corrected chi connectivity index (χ2v) is 2.59. The van der Waals surface area contributed by atoms with Crippen molar-refractivity contribution in [1.82, 2.24) is 5.06 Å². The maximum Gasteiger partial charge on any atom is 0.356 e. The molecule has 74 valence electrons. The molecule has 0 aromatic heterocycles. The number of amides is 2. The van der Waals surface area contributed by atoms with Crippen LogP contribution in [0.15, 0.2) is 12.7 Å². The minimum Gasteiger partial charge on any atom is -0.326 e. The molecule has 1 fully saturated rings. The quantitative estimate of drug-likeness (QED) is 0.256. The Morgan fingerprint density at radius 1 is 1.57 bits per heavy atom. The number of hydrogen-bond donors (Lipinski definition) is 0. The van der Waals surface area contributed by atoms with Crippen molar-refractivity contribution in [3.8, 4) is 0 Å². The molecular formula is C8H7NO5. The van der Waals surface area contributed by atoms with E-state index in [1.165, 1.54) is 0 Å². The summed E-state index contributed by atoms with van der Waals surface area (Å²) in [6.45, 7) is 3.10. The van der Waals surface area contributed by atoms with E-state index in [2.05, 4.69) is 11.4 Å². The highest BCUT2D eigenvalue weighted by molar-refractivity contribution is 6.09. The van der Waals surface area contributed by atoms with Gasteiger partial charge in [0, 0.05) is 12.5 Å². The predicted molar refractivity (Wildman–Crippen MR) is 42.3 cm³/mol. The fourth-order valence-corrected chi connectivity index (χ4v) is 0.961. The fourth-order valence-electron chi connectivity index (χ4n) is 0.961. The molecule has 0 saturated carbocycles. The van der Waals surface area contributed by atoms with Gasteiger partial charge in [0.15, 0.2) is 0 Å². The van der Waals surface area contributed by atoms with Gasteiger partial charge < -0.3 is 9.63 Å². The van der Waals surface area contributed by atoms with Crippen LogP contribution in [0.4, 0.5) is 0 Å². The van der Waals surface area contributed by atoms with Crippen molar-refractivity contribution in [1.29, 1.82) is 0 Å². The number of hydroxylamine groups is 2. The van der Waals surface area contributed by atoms with Crippen molar-refractivity contribution in [2.45, 2.75) is 6.42 Å². The van der Waals surface area contributed by atoms with Gasteiger partial charge in [-0.25, -0.2) is 4.79 Å². The standard InChI is InChI=1S/C8H7NO5/c1-2-7(12)14-9-6(11)3-5(4-10)8(9)13/h2,4-5H,1,3H2. The molecule has 1 aliphatic rings. The zero-order valence-corrected chi connectivity index (χ0v) is 7.13. The lowest BCUT2D eigenvalue weighted by Crippen LogP contribution is -2.33. The third-order valence-corrected chi connectivity index (χ3v) is 1.65. The average molecular weight is 197 g/mol. The number of imide groups is 1. The number of carbonyl (C=O) groups excluding carboxylic acids is 4. The molecule has 6 nitrogen and oxygen atoms in total. The first-order valence-electron chi connectivity index (χ1n) is 3.76. The second-order valence-electron chi connectivity index (χ2n) is 2.59. The normalized spacial score (nSPS) is 20.9. The van der Waals surface area contributed by atoms with Crippen molar-refractivity contribution >= 4 is 24.1 Å². The van der Waals surface area contributed by atoms with E-state index in [-0.39, 0.29) is 6.42 Å². The SMILES string of the molecule is C=CC(=O)ON1C(=O)CC(C=O)C1=O. The molecule has 1 heterocycles. The molecule has 14 heavy (non-hydrogen) atoms. The van der Waals surface area contributed by atoms with E-state index in [1.807, 2.05) is 0 Å². The van der Waals surface area contributed by atoms with Gasteiger partial charge in [0.25, 0.3) is 11.8 Å². The van der Waals surface area contributed by atoms with E-state index in [9.17, 15) is 19.2 Å². The predicted octanol–water partition coefficient (Wildman–Crippen LogP) is -0.795. The van der Waals surface area contributed by atoms with Crippen molar-refractivity contribution in [3.63, 3.8) is 0 Å². The van der Waals surface area contributed by atoms with Crippen LogP contribution < -0.4 is 0 Å². The van der Waals surface area contributed by atoms with Gasteiger partial charge in [0.2, 0.25) is 0 Å². The van der Waals surface area contributed by atoms with Crippen molar-refractivity contribution in [3.05, 3.63) is 12.7 Å². The van der Waals surface area contributed by atoms with Crippen molar-refractivity contribution in [2.75, 3.05) is 0 Å². The van der Waals surface area contributed by atoms with Gasteiger partial charge in [0.05, 0.1) is 0 Å². The van der Waals surface area contributed by atoms with E-state index < -0.39 is 23.7 Å².